The summed E-state index contributed by atoms with van der Waals surface area (Å²) in [6, 6.07) is 7.35. The summed E-state index contributed by atoms with van der Waals surface area (Å²) in [5.74, 6) is -0.0324. The maximum atomic E-state index is 12.1. The Hall–Kier alpha value is -1.64. The minimum atomic E-state index is -3.37. The van der Waals surface area contributed by atoms with Gasteiger partial charge in [0.2, 0.25) is 15.9 Å². The van der Waals surface area contributed by atoms with Crippen LogP contribution in [-0.4, -0.2) is 66.5 Å². The van der Waals surface area contributed by atoms with Gasteiger partial charge in [-0.15, -0.1) is 0 Å². The smallest absolute Gasteiger partial charge is 0.232 e. The van der Waals surface area contributed by atoms with Crippen molar-refractivity contribution in [3.63, 3.8) is 0 Å². The number of rotatable bonds is 9. The van der Waals surface area contributed by atoms with Gasteiger partial charge in [-0.1, -0.05) is 17.7 Å². The predicted molar refractivity (Wildman–Crippen MR) is 102 cm³/mol. The number of aryl methyl sites for hydroxylation is 1. The average molecular weight is 385 g/mol. The van der Waals surface area contributed by atoms with E-state index in [1.807, 2.05) is 19.1 Å². The molecule has 1 aromatic carbocycles. The van der Waals surface area contributed by atoms with Crippen LogP contribution in [0.1, 0.15) is 18.4 Å². The Bertz CT molecular complexity index is 670. The highest BCUT2D eigenvalue weighted by molar-refractivity contribution is 7.92. The Balaban J connectivity index is 1.74. The van der Waals surface area contributed by atoms with Crippen LogP contribution in [0.3, 0.4) is 0 Å². The Morgan fingerprint density at radius 2 is 1.88 bits per heavy atom. The van der Waals surface area contributed by atoms with Crippen molar-refractivity contribution in [3.8, 4) is 0 Å². The molecule has 146 valence electrons. The number of nitrogens with zero attached hydrogens (tertiary/aromatic N) is 1. The first-order chi connectivity index (χ1) is 12.4. The first kappa shape index (κ1) is 20.7. The zero-order chi connectivity index (χ0) is 19.0. The van der Waals surface area contributed by atoms with Crippen LogP contribution in [0.5, 0.6) is 0 Å². The number of nitrogens with one attached hydrogen (secondary N) is 2. The van der Waals surface area contributed by atoms with Crippen LogP contribution < -0.4 is 14.5 Å². The van der Waals surface area contributed by atoms with E-state index in [9.17, 15) is 13.2 Å². The van der Waals surface area contributed by atoms with Crippen LogP contribution in [0.2, 0.25) is 0 Å². The van der Waals surface area contributed by atoms with E-state index in [1.165, 1.54) is 15.5 Å². The van der Waals surface area contributed by atoms with Gasteiger partial charge in [-0.3, -0.25) is 9.10 Å². The van der Waals surface area contributed by atoms with Gasteiger partial charge in [0.05, 0.1) is 38.2 Å². The normalized spacial score (nSPS) is 15.6. The number of quaternary nitrogens is 1. The second kappa shape index (κ2) is 9.89. The van der Waals surface area contributed by atoms with Crippen LogP contribution in [0, 0.1) is 6.92 Å². The van der Waals surface area contributed by atoms with E-state index in [0.717, 1.165) is 38.4 Å². The van der Waals surface area contributed by atoms with Gasteiger partial charge in [0.1, 0.15) is 13.1 Å². The van der Waals surface area contributed by atoms with Crippen molar-refractivity contribution >= 4 is 21.6 Å². The molecule has 0 atom stereocenters. The van der Waals surface area contributed by atoms with Gasteiger partial charge in [-0.25, -0.2) is 8.42 Å². The average Bonchev–Trinajstić information content (AvgIpc) is 2.60. The molecule has 1 aliphatic rings. The first-order valence-corrected chi connectivity index (χ1v) is 10.9. The number of carbonyl (C=O) groups is 1. The number of amides is 1. The summed E-state index contributed by atoms with van der Waals surface area (Å²) in [6.45, 7) is 7.32. The third-order valence-electron chi connectivity index (χ3n) is 4.49. The molecule has 0 unspecified atom stereocenters. The SMILES string of the molecule is Cc1ccc(N(CCCC(=O)NCC[NH+]2CCOCC2)S(C)(=O)=O)cc1. The summed E-state index contributed by atoms with van der Waals surface area (Å²) in [4.78, 5) is 13.4. The lowest BCUT2D eigenvalue weighted by Crippen LogP contribution is -3.14. The first-order valence-electron chi connectivity index (χ1n) is 9.08. The van der Waals surface area contributed by atoms with Crippen LogP contribution in [0.25, 0.3) is 0 Å². The lowest BCUT2D eigenvalue weighted by Gasteiger charge is -2.24. The second-order valence-corrected chi connectivity index (χ2v) is 8.64. The van der Waals surface area contributed by atoms with E-state index in [0.29, 0.717) is 31.6 Å². The molecule has 2 N–H and O–H groups in total. The highest BCUT2D eigenvalue weighted by Crippen LogP contribution is 2.18. The molecule has 0 aromatic heterocycles. The molecule has 1 aromatic rings. The summed E-state index contributed by atoms with van der Waals surface area (Å²) in [5, 5.41) is 2.92. The Morgan fingerprint density at radius 3 is 2.50 bits per heavy atom. The predicted octanol–water partition coefficient (Wildman–Crippen LogP) is -0.427. The topological polar surface area (TPSA) is 80.2 Å². The molecule has 1 saturated heterocycles. The van der Waals surface area contributed by atoms with Crippen molar-refractivity contribution < 1.29 is 22.8 Å². The van der Waals surface area contributed by atoms with Crippen molar-refractivity contribution in [1.29, 1.82) is 0 Å². The number of hydrogen-bond donors (Lipinski definition) is 2. The van der Waals surface area contributed by atoms with E-state index in [-0.39, 0.29) is 5.91 Å². The summed E-state index contributed by atoms with van der Waals surface area (Å²) in [7, 11) is -3.37. The molecule has 1 amide bonds. The fourth-order valence-corrected chi connectivity index (χ4v) is 3.92. The van der Waals surface area contributed by atoms with Gasteiger partial charge >= 0.3 is 0 Å². The van der Waals surface area contributed by atoms with Crippen molar-refractivity contribution in [3.05, 3.63) is 29.8 Å². The fraction of sp³-hybridized carbons (Fsp3) is 0.611. The summed E-state index contributed by atoms with van der Waals surface area (Å²) >= 11 is 0. The molecule has 26 heavy (non-hydrogen) atoms. The maximum Gasteiger partial charge on any atom is 0.232 e. The monoisotopic (exact) mass is 384 g/mol. The van der Waals surface area contributed by atoms with Gasteiger partial charge in [0.25, 0.3) is 0 Å². The van der Waals surface area contributed by atoms with E-state index in [4.69, 9.17) is 4.74 Å². The van der Waals surface area contributed by atoms with E-state index in [1.54, 1.807) is 12.1 Å². The third-order valence-corrected chi connectivity index (χ3v) is 5.68. The molecule has 1 aliphatic heterocycles. The molecule has 7 nitrogen and oxygen atoms in total. The number of anilines is 1. The molecular formula is C18H30N3O4S+. The number of morpholine rings is 1. The minimum Gasteiger partial charge on any atom is -0.370 e. The fourth-order valence-electron chi connectivity index (χ4n) is 2.96. The number of benzene rings is 1. The summed E-state index contributed by atoms with van der Waals surface area (Å²) in [6.07, 6.45) is 1.99. The van der Waals surface area contributed by atoms with Crippen LogP contribution in [0.15, 0.2) is 24.3 Å². The molecule has 0 bridgehead atoms. The Labute approximate surface area is 156 Å². The van der Waals surface area contributed by atoms with Crippen molar-refractivity contribution in [2.75, 3.05) is 56.5 Å². The molecule has 1 heterocycles. The highest BCUT2D eigenvalue weighted by atomic mass is 32.2. The van der Waals surface area contributed by atoms with E-state index < -0.39 is 10.0 Å². The van der Waals surface area contributed by atoms with Gasteiger partial charge in [0, 0.05) is 13.0 Å². The van der Waals surface area contributed by atoms with Crippen LogP contribution in [0.4, 0.5) is 5.69 Å². The largest absolute Gasteiger partial charge is 0.370 e. The lowest BCUT2D eigenvalue weighted by molar-refractivity contribution is -0.906. The number of ether oxygens (including phenoxy) is 1. The number of sulfonamides is 1. The van der Waals surface area contributed by atoms with Gasteiger partial charge < -0.3 is 15.0 Å². The number of hydrogen-bond acceptors (Lipinski definition) is 4. The van der Waals surface area contributed by atoms with Crippen LogP contribution in [-0.2, 0) is 19.6 Å². The molecule has 0 saturated carbocycles. The second-order valence-electron chi connectivity index (χ2n) is 6.74. The van der Waals surface area contributed by atoms with Crippen molar-refractivity contribution in [1.82, 2.24) is 5.32 Å². The molecule has 2 rings (SSSR count). The van der Waals surface area contributed by atoms with Gasteiger partial charge in [-0.2, -0.15) is 0 Å². The Morgan fingerprint density at radius 1 is 1.23 bits per heavy atom. The van der Waals surface area contributed by atoms with Crippen LogP contribution >= 0.6 is 0 Å². The molecule has 0 spiro atoms. The third kappa shape index (κ3) is 6.93. The quantitative estimate of drug-likeness (QED) is 0.606. The maximum absolute atomic E-state index is 12.1. The molecule has 0 radical (unpaired) electrons. The number of carbonyl (C=O) groups excluding carboxylic acids is 1. The van der Waals surface area contributed by atoms with Gasteiger partial charge in [-0.05, 0) is 25.5 Å². The summed E-state index contributed by atoms with van der Waals surface area (Å²) < 4.78 is 30.8. The summed E-state index contributed by atoms with van der Waals surface area (Å²) in [5.41, 5.74) is 1.71. The lowest BCUT2D eigenvalue weighted by atomic mass is 10.2. The van der Waals surface area contributed by atoms with E-state index in [2.05, 4.69) is 5.32 Å². The van der Waals surface area contributed by atoms with Crippen molar-refractivity contribution in [2.45, 2.75) is 19.8 Å². The molecule has 1 fully saturated rings. The molecular weight excluding hydrogens is 354 g/mol. The minimum absolute atomic E-state index is 0.0324. The van der Waals surface area contributed by atoms with Gasteiger partial charge in [0.15, 0.2) is 0 Å². The van der Waals surface area contributed by atoms with E-state index >= 15 is 0 Å². The zero-order valence-corrected chi connectivity index (χ0v) is 16.5. The standard InChI is InChI=1S/C18H29N3O4S/c1-16-5-7-17(8-6-16)21(26(2,23)24)10-3-4-18(22)19-9-11-20-12-14-25-15-13-20/h5-8H,3-4,9-15H2,1-2H3,(H,19,22)/p+1. The highest BCUT2D eigenvalue weighted by Gasteiger charge is 2.18. The van der Waals surface area contributed by atoms with Crippen molar-refractivity contribution in [2.24, 2.45) is 0 Å². The zero-order valence-electron chi connectivity index (χ0n) is 15.7. The molecule has 0 aliphatic carbocycles. The Kier molecular flexibility index (Phi) is 7.86. The molecule has 8 heteroatoms.